The largest absolute Gasteiger partial charge is 0.507 e. The molecule has 1 aliphatic rings. The number of rotatable bonds is 4. The van der Waals surface area contributed by atoms with E-state index in [-0.39, 0.29) is 5.75 Å². The molecular formula is C13H15FN2O2. The van der Waals surface area contributed by atoms with Gasteiger partial charge in [-0.15, -0.1) is 0 Å². The van der Waals surface area contributed by atoms with Crippen molar-refractivity contribution in [3.8, 4) is 5.75 Å². The molecule has 5 heteroatoms. The van der Waals surface area contributed by atoms with E-state index in [0.29, 0.717) is 30.5 Å². The van der Waals surface area contributed by atoms with Gasteiger partial charge in [0.2, 0.25) is 6.08 Å². The van der Waals surface area contributed by atoms with Crippen molar-refractivity contribution in [1.29, 1.82) is 0 Å². The molecule has 4 nitrogen and oxygen atoms in total. The summed E-state index contributed by atoms with van der Waals surface area (Å²) in [6, 6.07) is 2.56. The minimum absolute atomic E-state index is 0.0293. The van der Waals surface area contributed by atoms with Gasteiger partial charge in [-0.3, -0.25) is 0 Å². The number of nitrogens with zero attached hydrogens (tertiary/aromatic N) is 2. The Hall–Kier alpha value is -1.71. The van der Waals surface area contributed by atoms with Gasteiger partial charge in [0.05, 0.1) is 0 Å². The molecule has 0 spiro atoms. The van der Waals surface area contributed by atoms with E-state index in [1.54, 1.807) is 0 Å². The van der Waals surface area contributed by atoms with Crippen molar-refractivity contribution in [1.82, 2.24) is 4.90 Å². The topological polar surface area (TPSA) is 52.9 Å². The summed E-state index contributed by atoms with van der Waals surface area (Å²) in [6.07, 6.45) is 2.79. The molecule has 0 aromatic heterocycles. The number of aromatic hydroxyl groups is 1. The lowest BCUT2D eigenvalue weighted by atomic mass is 10.00. The number of halogens is 1. The highest BCUT2D eigenvalue weighted by atomic mass is 19.1. The molecule has 1 aliphatic carbocycles. The maximum Gasteiger partial charge on any atom is 0.235 e. The highest BCUT2D eigenvalue weighted by Crippen LogP contribution is 2.52. The van der Waals surface area contributed by atoms with Crippen molar-refractivity contribution < 1.29 is 14.3 Å². The lowest BCUT2D eigenvalue weighted by Gasteiger charge is -2.17. The van der Waals surface area contributed by atoms with Crippen LogP contribution in [-0.2, 0) is 16.9 Å². The summed E-state index contributed by atoms with van der Waals surface area (Å²) in [7, 11) is 3.67. The second kappa shape index (κ2) is 4.52. The second-order valence-electron chi connectivity index (χ2n) is 4.93. The Bertz CT molecular complexity index is 518. The first-order chi connectivity index (χ1) is 8.48. The summed E-state index contributed by atoms with van der Waals surface area (Å²) in [5, 5.41) is 10.2. The molecule has 1 aromatic rings. The molecule has 1 aromatic carbocycles. The molecule has 1 saturated carbocycles. The zero-order chi connectivity index (χ0) is 13.3. The van der Waals surface area contributed by atoms with E-state index in [1.807, 2.05) is 19.0 Å². The summed E-state index contributed by atoms with van der Waals surface area (Å²) in [5.74, 6) is -0.395. The number of phenolic OH excluding ortho intramolecular Hbond substituents is 1. The number of isocyanates is 1. The molecule has 1 N–H and O–H groups in total. The third kappa shape index (κ3) is 2.28. The van der Waals surface area contributed by atoms with E-state index in [4.69, 9.17) is 0 Å². The first-order valence-corrected chi connectivity index (χ1v) is 5.74. The average Bonchev–Trinajstić information content (AvgIpc) is 3.03. The Labute approximate surface area is 105 Å². The van der Waals surface area contributed by atoms with E-state index in [1.165, 1.54) is 18.2 Å². The van der Waals surface area contributed by atoms with E-state index in [2.05, 4.69) is 4.99 Å². The molecule has 18 heavy (non-hydrogen) atoms. The van der Waals surface area contributed by atoms with Crippen LogP contribution in [0.1, 0.15) is 24.0 Å². The third-order valence-corrected chi connectivity index (χ3v) is 3.12. The minimum Gasteiger partial charge on any atom is -0.507 e. The van der Waals surface area contributed by atoms with Crippen LogP contribution in [0.15, 0.2) is 17.1 Å². The van der Waals surface area contributed by atoms with E-state index in [0.717, 1.165) is 0 Å². The molecule has 0 amide bonds. The van der Waals surface area contributed by atoms with E-state index in [9.17, 15) is 14.3 Å². The van der Waals surface area contributed by atoms with E-state index >= 15 is 0 Å². The molecule has 0 radical (unpaired) electrons. The molecule has 96 valence electrons. The molecular weight excluding hydrogens is 235 g/mol. The summed E-state index contributed by atoms with van der Waals surface area (Å²) in [5.41, 5.74) is 0.139. The number of hydrogen-bond donors (Lipinski definition) is 1. The van der Waals surface area contributed by atoms with Crippen molar-refractivity contribution in [3.05, 3.63) is 29.1 Å². The van der Waals surface area contributed by atoms with Gasteiger partial charge in [-0.25, -0.2) is 9.18 Å². The van der Waals surface area contributed by atoms with Gasteiger partial charge in [-0.05, 0) is 39.1 Å². The molecule has 0 aliphatic heterocycles. The number of aliphatic imine (C=N–C) groups is 1. The molecule has 2 rings (SSSR count). The quantitative estimate of drug-likeness (QED) is 0.656. The van der Waals surface area contributed by atoms with Crippen molar-refractivity contribution in [3.63, 3.8) is 0 Å². The molecule has 1 fully saturated rings. The first-order valence-electron chi connectivity index (χ1n) is 5.74. The van der Waals surface area contributed by atoms with Crippen LogP contribution >= 0.6 is 0 Å². The molecule has 0 saturated heterocycles. The lowest BCUT2D eigenvalue weighted by Crippen LogP contribution is -2.13. The van der Waals surface area contributed by atoms with E-state index < -0.39 is 11.4 Å². The molecule has 0 atom stereocenters. The highest BCUT2D eigenvalue weighted by Gasteiger charge is 2.47. The second-order valence-corrected chi connectivity index (χ2v) is 4.93. The monoisotopic (exact) mass is 250 g/mol. The van der Waals surface area contributed by atoms with Gasteiger partial charge in [0, 0.05) is 17.7 Å². The van der Waals surface area contributed by atoms with Gasteiger partial charge in [-0.2, -0.15) is 4.99 Å². The van der Waals surface area contributed by atoms with Gasteiger partial charge in [0.1, 0.15) is 17.1 Å². The normalized spacial score (nSPS) is 16.4. The highest BCUT2D eigenvalue weighted by molar-refractivity contribution is 5.50. The smallest absolute Gasteiger partial charge is 0.235 e. The maximum atomic E-state index is 13.6. The summed E-state index contributed by atoms with van der Waals surface area (Å²) in [6.45, 7) is 0.428. The van der Waals surface area contributed by atoms with Gasteiger partial charge < -0.3 is 10.0 Å². The summed E-state index contributed by atoms with van der Waals surface area (Å²) < 4.78 is 13.6. The number of phenols is 1. The van der Waals surface area contributed by atoms with Crippen LogP contribution in [0.25, 0.3) is 0 Å². The fraction of sp³-hybridized carbons (Fsp3) is 0.462. The summed E-state index contributed by atoms with van der Waals surface area (Å²) >= 11 is 0. The van der Waals surface area contributed by atoms with Crippen LogP contribution in [0.3, 0.4) is 0 Å². The van der Waals surface area contributed by atoms with Crippen LogP contribution < -0.4 is 0 Å². The zero-order valence-corrected chi connectivity index (χ0v) is 10.4. The molecule has 0 heterocycles. The molecule has 0 unspecified atom stereocenters. The van der Waals surface area contributed by atoms with Crippen molar-refractivity contribution in [2.45, 2.75) is 24.9 Å². The van der Waals surface area contributed by atoms with Gasteiger partial charge in [0.15, 0.2) is 0 Å². The van der Waals surface area contributed by atoms with Crippen molar-refractivity contribution in [2.75, 3.05) is 14.1 Å². The fourth-order valence-corrected chi connectivity index (χ4v) is 2.12. The molecule has 0 bridgehead atoms. The van der Waals surface area contributed by atoms with Crippen LogP contribution in [0.5, 0.6) is 5.75 Å². The van der Waals surface area contributed by atoms with Gasteiger partial charge >= 0.3 is 0 Å². The Morgan fingerprint density at radius 1 is 1.50 bits per heavy atom. The van der Waals surface area contributed by atoms with Crippen LogP contribution in [0.2, 0.25) is 0 Å². The SMILES string of the molecule is CN(C)Cc1cc(F)cc(C2(N=C=O)CC2)c1O. The Balaban J connectivity index is 2.48. The van der Waals surface area contributed by atoms with Gasteiger partial charge in [-0.1, -0.05) is 0 Å². The van der Waals surface area contributed by atoms with Gasteiger partial charge in [0.25, 0.3) is 0 Å². The van der Waals surface area contributed by atoms with Crippen molar-refractivity contribution >= 4 is 6.08 Å². The lowest BCUT2D eigenvalue weighted by molar-refractivity contribution is 0.380. The third-order valence-electron chi connectivity index (χ3n) is 3.12. The number of hydrogen-bond acceptors (Lipinski definition) is 4. The Kier molecular flexibility index (Phi) is 3.20. The Morgan fingerprint density at radius 3 is 2.67 bits per heavy atom. The first kappa shape index (κ1) is 12.7. The number of benzene rings is 1. The zero-order valence-electron chi connectivity index (χ0n) is 10.4. The van der Waals surface area contributed by atoms with Crippen LogP contribution in [0, 0.1) is 5.82 Å². The predicted molar refractivity (Wildman–Crippen MR) is 64.5 cm³/mol. The standard InChI is InChI=1S/C13H15FN2O2/c1-16(2)7-9-5-10(14)6-11(12(9)18)13(3-4-13)15-8-17/h5-6,18H,3-4,7H2,1-2H3. The van der Waals surface area contributed by atoms with Crippen LogP contribution in [-0.4, -0.2) is 30.2 Å². The maximum absolute atomic E-state index is 13.6. The summed E-state index contributed by atoms with van der Waals surface area (Å²) in [4.78, 5) is 16.0. The minimum atomic E-state index is -0.755. The fourth-order valence-electron chi connectivity index (χ4n) is 2.12. The number of carbonyl (C=O) groups excluding carboxylic acids is 1. The predicted octanol–water partition coefficient (Wildman–Crippen LogP) is 1.92. The average molecular weight is 250 g/mol. The Morgan fingerprint density at radius 2 is 2.17 bits per heavy atom. The van der Waals surface area contributed by atoms with Crippen molar-refractivity contribution in [2.24, 2.45) is 4.99 Å². The van der Waals surface area contributed by atoms with Crippen LogP contribution in [0.4, 0.5) is 4.39 Å².